The predicted molar refractivity (Wildman–Crippen MR) is 123 cm³/mol. The van der Waals surface area contributed by atoms with Gasteiger partial charge in [0.05, 0.1) is 11.8 Å². The third kappa shape index (κ3) is 3.95. The lowest BCUT2D eigenvalue weighted by Gasteiger charge is -2.26. The molecular formula is C24H26N4O3S. The summed E-state index contributed by atoms with van der Waals surface area (Å²) < 4.78 is 13.3. The third-order valence-electron chi connectivity index (χ3n) is 6.07. The molecule has 3 aromatic rings. The summed E-state index contributed by atoms with van der Waals surface area (Å²) in [5.74, 6) is 2.81. The molecule has 0 saturated carbocycles. The van der Waals surface area contributed by atoms with Crippen LogP contribution in [0.15, 0.2) is 47.6 Å². The van der Waals surface area contributed by atoms with Gasteiger partial charge in [-0.1, -0.05) is 42.1 Å². The number of carbonyl (C=O) groups excluding carboxylic acids is 1. The zero-order valence-corrected chi connectivity index (χ0v) is 19.1. The lowest BCUT2D eigenvalue weighted by atomic mass is 10.0. The van der Waals surface area contributed by atoms with Crippen LogP contribution in [0.3, 0.4) is 0 Å². The van der Waals surface area contributed by atoms with Crippen molar-refractivity contribution in [3.63, 3.8) is 0 Å². The van der Waals surface area contributed by atoms with Crippen molar-refractivity contribution in [1.82, 2.24) is 19.7 Å². The quantitative estimate of drug-likeness (QED) is 0.547. The van der Waals surface area contributed by atoms with Gasteiger partial charge in [-0.05, 0) is 43.0 Å². The van der Waals surface area contributed by atoms with Crippen LogP contribution in [0.25, 0.3) is 11.4 Å². The fraction of sp³-hybridized carbons (Fsp3) is 0.375. The van der Waals surface area contributed by atoms with Gasteiger partial charge in [-0.15, -0.1) is 10.2 Å². The molecule has 2 aromatic carbocycles. The lowest BCUT2D eigenvalue weighted by molar-refractivity contribution is -0.129. The molecule has 1 aromatic heterocycles. The zero-order valence-electron chi connectivity index (χ0n) is 18.3. The van der Waals surface area contributed by atoms with Gasteiger partial charge in [-0.2, -0.15) is 0 Å². The summed E-state index contributed by atoms with van der Waals surface area (Å²) in [6.45, 7) is 3.96. The van der Waals surface area contributed by atoms with Crippen molar-refractivity contribution < 1.29 is 14.3 Å². The van der Waals surface area contributed by atoms with E-state index in [1.807, 2.05) is 52.9 Å². The number of rotatable bonds is 5. The normalized spacial score (nSPS) is 17.6. The number of benzene rings is 2. The van der Waals surface area contributed by atoms with Gasteiger partial charge in [0.15, 0.2) is 22.5 Å². The Bertz CT molecular complexity index is 1150. The molecule has 7 nitrogen and oxygen atoms in total. The highest BCUT2D eigenvalue weighted by Crippen LogP contribution is 2.38. The number of amides is 1. The Morgan fingerprint density at radius 1 is 1.12 bits per heavy atom. The van der Waals surface area contributed by atoms with Crippen LogP contribution >= 0.6 is 11.8 Å². The molecule has 8 heteroatoms. The van der Waals surface area contributed by atoms with E-state index >= 15 is 0 Å². The van der Waals surface area contributed by atoms with Crippen molar-refractivity contribution in [2.75, 3.05) is 25.5 Å². The van der Waals surface area contributed by atoms with Crippen molar-refractivity contribution in [2.45, 2.75) is 31.0 Å². The number of aromatic nitrogens is 3. The Hall–Kier alpha value is -3.00. The average Bonchev–Trinajstić information content (AvgIpc) is 3.45. The average molecular weight is 451 g/mol. The maximum atomic E-state index is 13.1. The minimum atomic E-state index is 0.0703. The maximum Gasteiger partial charge on any atom is 0.233 e. The fourth-order valence-corrected chi connectivity index (χ4v) is 5.18. The van der Waals surface area contributed by atoms with Gasteiger partial charge in [0, 0.05) is 19.2 Å². The molecule has 32 heavy (non-hydrogen) atoms. The molecule has 0 aliphatic carbocycles. The molecule has 2 aliphatic rings. The molecule has 0 N–H and O–H groups in total. The number of fused-ring (bicyclic) bond motifs is 1. The predicted octanol–water partition coefficient (Wildman–Crippen LogP) is 4.02. The number of hydrogen-bond acceptors (Lipinski definition) is 6. The van der Waals surface area contributed by atoms with Gasteiger partial charge in [-0.3, -0.25) is 4.79 Å². The van der Waals surface area contributed by atoms with Crippen molar-refractivity contribution in [1.29, 1.82) is 0 Å². The molecule has 1 saturated heterocycles. The standard InChI is InChI=1S/C24H26N4O3S/c1-16-6-3-4-7-18(16)23-25-26-24(27(23)2)32-15-22(29)28-11-5-8-19(28)17-9-10-20-21(14-17)31-13-12-30-20/h3-4,6-7,9-10,14,19H,5,8,11-13,15H2,1-2H3. The Balaban J connectivity index is 1.28. The Morgan fingerprint density at radius 2 is 1.94 bits per heavy atom. The molecular weight excluding hydrogens is 424 g/mol. The summed E-state index contributed by atoms with van der Waals surface area (Å²) in [4.78, 5) is 15.1. The van der Waals surface area contributed by atoms with Crippen LogP contribution in [0.4, 0.5) is 0 Å². The molecule has 1 amide bonds. The molecule has 1 atom stereocenters. The van der Waals surface area contributed by atoms with Crippen molar-refractivity contribution in [3.05, 3.63) is 53.6 Å². The third-order valence-corrected chi connectivity index (χ3v) is 7.07. The van der Waals surface area contributed by atoms with Crippen LogP contribution in [0.5, 0.6) is 11.5 Å². The summed E-state index contributed by atoms with van der Waals surface area (Å²) in [5, 5.41) is 9.44. The summed E-state index contributed by atoms with van der Waals surface area (Å²) in [6, 6.07) is 14.2. The Kier molecular flexibility index (Phi) is 5.78. The van der Waals surface area contributed by atoms with Crippen LogP contribution in [0.2, 0.25) is 0 Å². The highest BCUT2D eigenvalue weighted by atomic mass is 32.2. The van der Waals surface area contributed by atoms with E-state index in [-0.39, 0.29) is 11.9 Å². The monoisotopic (exact) mass is 450 g/mol. The molecule has 0 spiro atoms. The first-order valence-electron chi connectivity index (χ1n) is 10.9. The first kappa shape index (κ1) is 20.9. The summed E-state index contributed by atoms with van der Waals surface area (Å²) in [6.07, 6.45) is 1.95. The van der Waals surface area contributed by atoms with Crippen LogP contribution in [-0.2, 0) is 11.8 Å². The molecule has 3 heterocycles. The van der Waals surface area contributed by atoms with Gasteiger partial charge in [0.1, 0.15) is 13.2 Å². The highest BCUT2D eigenvalue weighted by molar-refractivity contribution is 7.99. The molecule has 5 rings (SSSR count). The van der Waals surface area contributed by atoms with E-state index < -0.39 is 0 Å². The topological polar surface area (TPSA) is 69.5 Å². The van der Waals surface area contributed by atoms with E-state index in [0.717, 1.165) is 58.6 Å². The lowest BCUT2D eigenvalue weighted by Crippen LogP contribution is -2.32. The summed E-state index contributed by atoms with van der Waals surface area (Å²) >= 11 is 1.44. The number of likely N-dealkylation sites (tertiary alicyclic amines) is 1. The largest absolute Gasteiger partial charge is 0.486 e. The fourth-order valence-electron chi connectivity index (χ4n) is 4.39. The summed E-state index contributed by atoms with van der Waals surface area (Å²) in [7, 11) is 1.95. The molecule has 1 fully saturated rings. The smallest absolute Gasteiger partial charge is 0.233 e. The van der Waals surface area contributed by atoms with Gasteiger partial charge in [-0.25, -0.2) is 0 Å². The van der Waals surface area contributed by atoms with Gasteiger partial charge >= 0.3 is 0 Å². The number of nitrogens with zero attached hydrogens (tertiary/aromatic N) is 4. The number of ether oxygens (including phenoxy) is 2. The van der Waals surface area contributed by atoms with Crippen molar-refractivity contribution in [2.24, 2.45) is 7.05 Å². The number of aryl methyl sites for hydroxylation is 1. The maximum absolute atomic E-state index is 13.1. The van der Waals surface area contributed by atoms with Crippen LogP contribution < -0.4 is 9.47 Å². The first-order valence-corrected chi connectivity index (χ1v) is 11.9. The molecule has 0 bridgehead atoms. The van der Waals surface area contributed by atoms with E-state index in [4.69, 9.17) is 9.47 Å². The minimum Gasteiger partial charge on any atom is -0.486 e. The van der Waals surface area contributed by atoms with Gasteiger partial charge in [0.25, 0.3) is 0 Å². The van der Waals surface area contributed by atoms with Crippen molar-refractivity contribution >= 4 is 17.7 Å². The zero-order chi connectivity index (χ0) is 22.1. The number of carbonyl (C=O) groups is 1. The second kappa shape index (κ2) is 8.86. The van der Waals surface area contributed by atoms with E-state index in [9.17, 15) is 4.79 Å². The molecule has 1 unspecified atom stereocenters. The minimum absolute atomic E-state index is 0.0703. The summed E-state index contributed by atoms with van der Waals surface area (Å²) in [5.41, 5.74) is 3.31. The van der Waals surface area contributed by atoms with E-state index in [1.165, 1.54) is 11.8 Å². The van der Waals surface area contributed by atoms with Crippen LogP contribution in [0, 0.1) is 6.92 Å². The molecule has 0 radical (unpaired) electrons. The van der Waals surface area contributed by atoms with E-state index in [0.29, 0.717) is 19.0 Å². The van der Waals surface area contributed by atoms with E-state index in [2.05, 4.69) is 23.2 Å². The Labute approximate surface area is 191 Å². The van der Waals surface area contributed by atoms with Crippen molar-refractivity contribution in [3.8, 4) is 22.9 Å². The van der Waals surface area contributed by atoms with Gasteiger partial charge in [0.2, 0.25) is 5.91 Å². The van der Waals surface area contributed by atoms with E-state index in [1.54, 1.807) is 0 Å². The number of thioether (sulfide) groups is 1. The highest BCUT2D eigenvalue weighted by Gasteiger charge is 2.31. The number of hydrogen-bond donors (Lipinski definition) is 0. The van der Waals surface area contributed by atoms with Crippen LogP contribution in [0.1, 0.15) is 30.0 Å². The molecule has 166 valence electrons. The second-order valence-electron chi connectivity index (χ2n) is 8.12. The van der Waals surface area contributed by atoms with Crippen LogP contribution in [-0.4, -0.2) is 51.1 Å². The molecule has 2 aliphatic heterocycles. The first-order chi connectivity index (χ1) is 15.6. The van der Waals surface area contributed by atoms with Gasteiger partial charge < -0.3 is 18.9 Å². The second-order valence-corrected chi connectivity index (χ2v) is 9.06. The SMILES string of the molecule is Cc1ccccc1-c1nnc(SCC(=O)N2CCCC2c2ccc3c(c2)OCCO3)n1C. The Morgan fingerprint density at radius 3 is 2.78 bits per heavy atom.